The lowest BCUT2D eigenvalue weighted by molar-refractivity contribution is 0.859. The van der Waals surface area contributed by atoms with Gasteiger partial charge in [-0.25, -0.2) is 9.50 Å². The number of hydrogen-bond acceptors (Lipinski definition) is 3. The zero-order valence-electron chi connectivity index (χ0n) is 11.6. The van der Waals surface area contributed by atoms with Gasteiger partial charge in [-0.1, -0.05) is 42.5 Å². The molecule has 1 aromatic carbocycles. The maximum absolute atomic E-state index is 4.48. The topological polar surface area (TPSA) is 43.1 Å². The number of rotatable bonds is 3. The highest BCUT2D eigenvalue weighted by Crippen LogP contribution is 2.14. The van der Waals surface area contributed by atoms with E-state index in [0.717, 1.165) is 17.8 Å². The minimum Gasteiger partial charge on any atom is -0.216 e. The second-order valence-electron chi connectivity index (χ2n) is 4.75. The first-order chi connectivity index (χ1) is 9.75. The van der Waals surface area contributed by atoms with Crippen LogP contribution in [0.4, 0.5) is 0 Å². The summed E-state index contributed by atoms with van der Waals surface area (Å²) in [5.41, 5.74) is 4.52. The number of hydrogen-bond donors (Lipinski definition) is 0. The first-order valence-electron chi connectivity index (χ1n) is 6.63. The van der Waals surface area contributed by atoms with Crippen LogP contribution in [0, 0.1) is 13.8 Å². The van der Waals surface area contributed by atoms with Gasteiger partial charge < -0.3 is 0 Å². The summed E-state index contributed by atoms with van der Waals surface area (Å²) in [5.74, 6) is 0.663. The molecule has 2 aromatic heterocycles. The van der Waals surface area contributed by atoms with E-state index in [1.54, 1.807) is 10.8 Å². The Balaban J connectivity index is 1.89. The van der Waals surface area contributed by atoms with Crippen LogP contribution in [-0.4, -0.2) is 19.6 Å². The highest BCUT2D eigenvalue weighted by atomic mass is 15.3. The fourth-order valence-corrected chi connectivity index (χ4v) is 2.33. The van der Waals surface area contributed by atoms with E-state index in [9.17, 15) is 0 Å². The molecule has 3 rings (SSSR count). The molecule has 0 saturated heterocycles. The summed E-state index contributed by atoms with van der Waals surface area (Å²) in [6.45, 7) is 4.08. The van der Waals surface area contributed by atoms with Crippen molar-refractivity contribution in [1.29, 1.82) is 0 Å². The van der Waals surface area contributed by atoms with Crippen molar-refractivity contribution in [3.05, 3.63) is 65.2 Å². The third-order valence-electron chi connectivity index (χ3n) is 3.42. The number of aryl methyl sites for hydroxylation is 2. The maximum atomic E-state index is 4.48. The number of allylic oxidation sites excluding steroid dienone is 1. The van der Waals surface area contributed by atoms with Gasteiger partial charge in [-0.3, -0.25) is 0 Å². The van der Waals surface area contributed by atoms with Gasteiger partial charge in [-0.15, -0.1) is 0 Å². The number of aromatic nitrogens is 4. The lowest BCUT2D eigenvalue weighted by Gasteiger charge is -2.08. The fourth-order valence-electron chi connectivity index (χ4n) is 2.33. The summed E-state index contributed by atoms with van der Waals surface area (Å²) in [6.07, 6.45) is 6.67. The molecule has 0 N–H and O–H groups in total. The molecule has 4 heteroatoms. The number of benzene rings is 1. The van der Waals surface area contributed by atoms with Crippen LogP contribution in [0.2, 0.25) is 0 Å². The summed E-state index contributed by atoms with van der Waals surface area (Å²) in [6, 6.07) is 10.3. The fraction of sp³-hybridized carbons (Fsp3) is 0.188. The van der Waals surface area contributed by atoms with Gasteiger partial charge in [0.05, 0.1) is 0 Å². The molecule has 0 bridgehead atoms. The minimum absolute atomic E-state index is 0.663. The van der Waals surface area contributed by atoms with E-state index in [2.05, 4.69) is 46.3 Å². The SMILES string of the molecule is Cc1nc2ncnn2c(C)c1C/C=C/c1ccccc1. The standard InChI is InChI=1S/C16H16N4/c1-12-15(10-6-9-14-7-4-3-5-8-14)13(2)20-16(19-12)17-11-18-20/h3-9,11H,10H2,1-2H3/b9-6+. The molecule has 0 spiro atoms. The van der Waals surface area contributed by atoms with Crippen molar-refractivity contribution in [2.24, 2.45) is 0 Å². The molecule has 0 radical (unpaired) electrons. The first kappa shape index (κ1) is 12.5. The maximum Gasteiger partial charge on any atom is 0.252 e. The van der Waals surface area contributed by atoms with Gasteiger partial charge in [0.15, 0.2) is 0 Å². The van der Waals surface area contributed by atoms with E-state index in [1.807, 2.05) is 25.1 Å². The molecule has 0 aliphatic carbocycles. The van der Waals surface area contributed by atoms with Gasteiger partial charge in [0.25, 0.3) is 5.78 Å². The highest BCUT2D eigenvalue weighted by Gasteiger charge is 2.09. The molecule has 0 atom stereocenters. The van der Waals surface area contributed by atoms with E-state index in [4.69, 9.17) is 0 Å². The molecular formula is C16H16N4. The Morgan fingerprint density at radius 2 is 1.95 bits per heavy atom. The largest absolute Gasteiger partial charge is 0.252 e. The first-order valence-corrected chi connectivity index (χ1v) is 6.63. The van der Waals surface area contributed by atoms with E-state index in [1.165, 1.54) is 11.1 Å². The van der Waals surface area contributed by atoms with Crippen LogP contribution in [-0.2, 0) is 6.42 Å². The van der Waals surface area contributed by atoms with Gasteiger partial charge in [-0.05, 0) is 31.4 Å². The molecular weight excluding hydrogens is 248 g/mol. The molecule has 0 amide bonds. The molecule has 0 unspecified atom stereocenters. The second-order valence-corrected chi connectivity index (χ2v) is 4.75. The smallest absolute Gasteiger partial charge is 0.216 e. The molecule has 100 valence electrons. The highest BCUT2D eigenvalue weighted by molar-refractivity contribution is 5.50. The van der Waals surface area contributed by atoms with Gasteiger partial charge in [0.1, 0.15) is 6.33 Å². The van der Waals surface area contributed by atoms with Crippen molar-refractivity contribution in [2.75, 3.05) is 0 Å². The van der Waals surface area contributed by atoms with Crippen molar-refractivity contribution >= 4 is 11.9 Å². The average Bonchev–Trinajstić information content (AvgIpc) is 2.92. The Kier molecular flexibility index (Phi) is 3.29. The van der Waals surface area contributed by atoms with Crippen molar-refractivity contribution in [2.45, 2.75) is 20.3 Å². The van der Waals surface area contributed by atoms with Gasteiger partial charge >= 0.3 is 0 Å². The van der Waals surface area contributed by atoms with E-state index < -0.39 is 0 Å². The van der Waals surface area contributed by atoms with Crippen LogP contribution in [0.5, 0.6) is 0 Å². The van der Waals surface area contributed by atoms with Gasteiger partial charge in [0, 0.05) is 11.4 Å². The second kappa shape index (κ2) is 5.25. The third-order valence-corrected chi connectivity index (χ3v) is 3.42. The molecule has 0 saturated carbocycles. The molecule has 4 nitrogen and oxygen atoms in total. The van der Waals surface area contributed by atoms with Crippen LogP contribution in [0.25, 0.3) is 11.9 Å². The average molecular weight is 264 g/mol. The molecule has 3 aromatic rings. The monoisotopic (exact) mass is 264 g/mol. The quantitative estimate of drug-likeness (QED) is 0.730. The summed E-state index contributed by atoms with van der Waals surface area (Å²) in [4.78, 5) is 8.61. The minimum atomic E-state index is 0.663. The predicted octanol–water partition coefficient (Wildman–Crippen LogP) is 3.00. The Bertz CT molecular complexity index is 757. The van der Waals surface area contributed by atoms with Crippen molar-refractivity contribution in [3.8, 4) is 0 Å². The Labute approximate surface area is 117 Å². The lowest BCUT2D eigenvalue weighted by Crippen LogP contribution is -2.05. The van der Waals surface area contributed by atoms with Crippen molar-refractivity contribution < 1.29 is 0 Å². The molecule has 0 aliphatic rings. The molecule has 0 fully saturated rings. The Morgan fingerprint density at radius 3 is 2.75 bits per heavy atom. The summed E-state index contributed by atoms with van der Waals surface area (Å²) < 4.78 is 1.79. The Hall–Kier alpha value is -2.49. The number of nitrogens with zero attached hydrogens (tertiary/aromatic N) is 4. The normalized spacial score (nSPS) is 11.5. The lowest BCUT2D eigenvalue weighted by atomic mass is 10.1. The van der Waals surface area contributed by atoms with Crippen molar-refractivity contribution in [1.82, 2.24) is 19.6 Å². The molecule has 20 heavy (non-hydrogen) atoms. The van der Waals surface area contributed by atoms with E-state index in [-0.39, 0.29) is 0 Å². The van der Waals surface area contributed by atoms with Crippen LogP contribution < -0.4 is 0 Å². The van der Waals surface area contributed by atoms with E-state index in [0.29, 0.717) is 5.78 Å². The van der Waals surface area contributed by atoms with Crippen LogP contribution in [0.15, 0.2) is 42.7 Å². The summed E-state index contributed by atoms with van der Waals surface area (Å²) in [7, 11) is 0. The van der Waals surface area contributed by atoms with Gasteiger partial charge in [-0.2, -0.15) is 10.1 Å². The zero-order valence-corrected chi connectivity index (χ0v) is 11.6. The number of fused-ring (bicyclic) bond motifs is 1. The van der Waals surface area contributed by atoms with Crippen molar-refractivity contribution in [3.63, 3.8) is 0 Å². The van der Waals surface area contributed by atoms with Crippen LogP contribution in [0.1, 0.15) is 22.5 Å². The van der Waals surface area contributed by atoms with Crippen LogP contribution in [0.3, 0.4) is 0 Å². The van der Waals surface area contributed by atoms with E-state index >= 15 is 0 Å². The zero-order chi connectivity index (χ0) is 13.9. The third kappa shape index (κ3) is 2.32. The molecule has 2 heterocycles. The summed E-state index contributed by atoms with van der Waals surface area (Å²) >= 11 is 0. The Morgan fingerprint density at radius 1 is 1.15 bits per heavy atom. The van der Waals surface area contributed by atoms with Gasteiger partial charge in [0.2, 0.25) is 0 Å². The molecule has 0 aliphatic heterocycles. The summed E-state index contributed by atoms with van der Waals surface area (Å²) in [5, 5.41) is 4.21. The van der Waals surface area contributed by atoms with Crippen LogP contribution >= 0.6 is 0 Å². The predicted molar refractivity (Wildman–Crippen MR) is 79.4 cm³/mol.